The number of nitrogens with one attached hydrogen (secondary N) is 1. The Balaban J connectivity index is 1.61. The summed E-state index contributed by atoms with van der Waals surface area (Å²) in [5, 5.41) is 13.9. The van der Waals surface area contributed by atoms with E-state index in [1.165, 1.54) is 4.90 Å². The van der Waals surface area contributed by atoms with E-state index in [0.29, 0.717) is 23.7 Å². The van der Waals surface area contributed by atoms with E-state index in [0.717, 1.165) is 17.7 Å². The van der Waals surface area contributed by atoms with Gasteiger partial charge >= 0.3 is 0 Å². The van der Waals surface area contributed by atoms with Crippen LogP contribution in [0, 0.1) is 6.92 Å². The molecule has 1 aliphatic rings. The number of hydrogen-bond donors (Lipinski definition) is 2. The molecule has 1 fully saturated rings. The van der Waals surface area contributed by atoms with E-state index in [2.05, 4.69) is 5.32 Å². The molecule has 0 spiro atoms. The molecule has 0 unspecified atom stereocenters. The van der Waals surface area contributed by atoms with E-state index in [9.17, 15) is 18.7 Å². The maximum atomic E-state index is 13.4. The number of aliphatic hydroxyl groups excluding tert-OH is 1. The number of likely N-dealkylation sites (tertiary alicyclic amines) is 1. The molecule has 1 aliphatic heterocycles. The number of methoxy groups -OCH3 is 1. The highest BCUT2D eigenvalue weighted by Crippen LogP contribution is 2.29. The van der Waals surface area contributed by atoms with Crippen molar-refractivity contribution in [1.82, 2.24) is 10.2 Å². The third kappa shape index (κ3) is 7.80. The average molecular weight is 493 g/mol. The molecule has 35 heavy (non-hydrogen) atoms. The first-order valence-electron chi connectivity index (χ1n) is 11.8. The minimum Gasteiger partial charge on any atom is -0.497 e. The minimum absolute atomic E-state index is 0.0498. The number of carbonyl (C=O) groups is 1. The summed E-state index contributed by atoms with van der Waals surface area (Å²) in [6.07, 6.45) is -0.149. The number of rotatable bonds is 13. The standard InChI is InChI=1S/C26H34F2N2O5/c1-4-12-35-23-10-5-19(14-18(23)2)25(32)22(15-30-16-26(27,28)17-30)29-24(31)11-13-34-21-8-6-20(33-3)7-9-21/h5-10,14,22,25,32H,4,11-13,15-17H2,1-3H3,(H,29,31)/t22-,25-/m1/s1. The quantitative estimate of drug-likeness (QED) is 0.444. The summed E-state index contributed by atoms with van der Waals surface area (Å²) in [7, 11) is 1.57. The first kappa shape index (κ1) is 26.7. The number of halogens is 2. The van der Waals surface area contributed by atoms with Crippen LogP contribution in [0.3, 0.4) is 0 Å². The predicted octanol–water partition coefficient (Wildman–Crippen LogP) is 3.73. The number of aliphatic hydroxyl groups is 1. The van der Waals surface area contributed by atoms with Gasteiger partial charge in [-0.1, -0.05) is 13.0 Å². The maximum absolute atomic E-state index is 13.4. The van der Waals surface area contributed by atoms with Crippen LogP contribution < -0.4 is 19.5 Å². The number of carbonyl (C=O) groups excluding carboxylic acids is 1. The fraction of sp³-hybridized carbons (Fsp3) is 0.500. The largest absolute Gasteiger partial charge is 0.497 e. The Morgan fingerprint density at radius 2 is 1.80 bits per heavy atom. The Kier molecular flexibility index (Phi) is 9.28. The van der Waals surface area contributed by atoms with E-state index in [1.54, 1.807) is 49.6 Å². The molecule has 1 amide bonds. The Labute approximate surface area is 205 Å². The molecule has 7 nitrogen and oxygen atoms in total. The highest BCUT2D eigenvalue weighted by Gasteiger charge is 2.45. The van der Waals surface area contributed by atoms with Gasteiger partial charge in [0.05, 0.1) is 45.9 Å². The summed E-state index contributed by atoms with van der Waals surface area (Å²) in [6.45, 7) is 3.93. The lowest BCUT2D eigenvalue weighted by molar-refractivity contribution is -0.138. The van der Waals surface area contributed by atoms with Crippen molar-refractivity contribution >= 4 is 5.91 Å². The monoisotopic (exact) mass is 492 g/mol. The summed E-state index contributed by atoms with van der Waals surface area (Å²) in [6, 6.07) is 11.5. The number of hydrogen-bond acceptors (Lipinski definition) is 6. The Morgan fingerprint density at radius 3 is 2.40 bits per heavy atom. The number of aryl methyl sites for hydroxylation is 1. The highest BCUT2D eigenvalue weighted by molar-refractivity contribution is 5.76. The Morgan fingerprint density at radius 1 is 1.11 bits per heavy atom. The van der Waals surface area contributed by atoms with Crippen molar-refractivity contribution in [3.05, 3.63) is 53.6 Å². The van der Waals surface area contributed by atoms with Gasteiger partial charge < -0.3 is 24.6 Å². The van der Waals surface area contributed by atoms with Crippen molar-refractivity contribution in [2.45, 2.75) is 44.8 Å². The zero-order chi connectivity index (χ0) is 25.4. The molecular weight excluding hydrogens is 458 g/mol. The van der Waals surface area contributed by atoms with Crippen molar-refractivity contribution in [1.29, 1.82) is 0 Å². The van der Waals surface area contributed by atoms with Crippen LogP contribution in [0.4, 0.5) is 8.78 Å². The zero-order valence-corrected chi connectivity index (χ0v) is 20.4. The second-order valence-corrected chi connectivity index (χ2v) is 8.79. The van der Waals surface area contributed by atoms with Crippen LogP contribution in [0.25, 0.3) is 0 Å². The molecule has 2 N–H and O–H groups in total. The van der Waals surface area contributed by atoms with Crippen molar-refractivity contribution in [2.75, 3.05) is 40.0 Å². The molecule has 0 bridgehead atoms. The van der Waals surface area contributed by atoms with E-state index >= 15 is 0 Å². The molecule has 2 aromatic carbocycles. The third-order valence-corrected chi connectivity index (χ3v) is 5.75. The molecule has 9 heteroatoms. The van der Waals surface area contributed by atoms with Crippen molar-refractivity contribution < 1.29 is 32.9 Å². The SMILES string of the molecule is CCCOc1ccc([C@@H](O)[C@@H](CN2CC(F)(F)C2)NC(=O)CCOc2ccc(OC)cc2)cc1C. The molecule has 2 atom stereocenters. The third-order valence-electron chi connectivity index (χ3n) is 5.75. The molecule has 0 aromatic heterocycles. The summed E-state index contributed by atoms with van der Waals surface area (Å²) in [5.74, 6) is -1.06. The molecule has 2 aromatic rings. The smallest absolute Gasteiger partial charge is 0.272 e. The molecule has 0 aliphatic carbocycles. The van der Waals surface area contributed by atoms with Crippen molar-refractivity contribution in [3.63, 3.8) is 0 Å². The number of benzene rings is 2. The van der Waals surface area contributed by atoms with Gasteiger partial charge in [-0.2, -0.15) is 0 Å². The minimum atomic E-state index is -2.74. The second kappa shape index (κ2) is 12.2. The van der Waals surface area contributed by atoms with Gasteiger partial charge in [0.2, 0.25) is 5.91 Å². The van der Waals surface area contributed by atoms with Crippen LogP contribution in [0.2, 0.25) is 0 Å². The molecule has 1 saturated heterocycles. The van der Waals surface area contributed by atoms with Gasteiger partial charge in [0, 0.05) is 6.54 Å². The molecule has 0 radical (unpaired) electrons. The van der Waals surface area contributed by atoms with Gasteiger partial charge in [-0.15, -0.1) is 0 Å². The van der Waals surface area contributed by atoms with E-state index in [4.69, 9.17) is 14.2 Å². The summed E-state index contributed by atoms with van der Waals surface area (Å²) in [5.41, 5.74) is 1.43. The molecule has 1 heterocycles. The van der Waals surface area contributed by atoms with E-state index in [1.807, 2.05) is 13.8 Å². The van der Waals surface area contributed by atoms with Gasteiger partial charge in [0.25, 0.3) is 5.92 Å². The second-order valence-electron chi connectivity index (χ2n) is 8.79. The summed E-state index contributed by atoms with van der Waals surface area (Å²) >= 11 is 0. The molecule has 3 rings (SSSR count). The zero-order valence-electron chi connectivity index (χ0n) is 20.4. The van der Waals surface area contributed by atoms with Gasteiger partial charge in [-0.25, -0.2) is 8.78 Å². The van der Waals surface area contributed by atoms with Crippen LogP contribution in [-0.4, -0.2) is 67.8 Å². The van der Waals surface area contributed by atoms with Gasteiger partial charge in [-0.05, 0) is 60.9 Å². The number of nitrogens with zero attached hydrogens (tertiary/aromatic N) is 1. The Hall–Kier alpha value is -2.91. The first-order chi connectivity index (χ1) is 16.7. The van der Waals surface area contributed by atoms with Crippen LogP contribution in [0.1, 0.15) is 37.0 Å². The normalized spacial score (nSPS) is 16.6. The van der Waals surface area contributed by atoms with E-state index < -0.39 is 31.2 Å². The lowest BCUT2D eigenvalue weighted by Gasteiger charge is -2.41. The molecule has 192 valence electrons. The van der Waals surface area contributed by atoms with Crippen LogP contribution in [0.15, 0.2) is 42.5 Å². The summed E-state index contributed by atoms with van der Waals surface area (Å²) in [4.78, 5) is 14.1. The fourth-order valence-corrected chi connectivity index (χ4v) is 3.91. The molecular formula is C26H34F2N2O5. The molecule has 0 saturated carbocycles. The van der Waals surface area contributed by atoms with Gasteiger partial charge in [0.15, 0.2) is 0 Å². The number of ether oxygens (including phenoxy) is 3. The number of alkyl halides is 2. The van der Waals surface area contributed by atoms with Crippen LogP contribution in [-0.2, 0) is 4.79 Å². The lowest BCUT2D eigenvalue weighted by Crippen LogP contribution is -2.60. The lowest BCUT2D eigenvalue weighted by atomic mass is 9.98. The van der Waals surface area contributed by atoms with Crippen LogP contribution in [0.5, 0.6) is 17.2 Å². The topological polar surface area (TPSA) is 80.3 Å². The van der Waals surface area contributed by atoms with Gasteiger partial charge in [0.1, 0.15) is 23.4 Å². The average Bonchev–Trinajstić information content (AvgIpc) is 2.81. The van der Waals surface area contributed by atoms with Crippen molar-refractivity contribution in [3.8, 4) is 17.2 Å². The summed E-state index contributed by atoms with van der Waals surface area (Å²) < 4.78 is 43.1. The van der Waals surface area contributed by atoms with Crippen LogP contribution >= 0.6 is 0 Å². The highest BCUT2D eigenvalue weighted by atomic mass is 19.3. The predicted molar refractivity (Wildman–Crippen MR) is 128 cm³/mol. The number of amides is 1. The fourth-order valence-electron chi connectivity index (χ4n) is 3.91. The van der Waals surface area contributed by atoms with Crippen molar-refractivity contribution in [2.24, 2.45) is 0 Å². The van der Waals surface area contributed by atoms with Gasteiger partial charge in [-0.3, -0.25) is 9.69 Å². The Bertz CT molecular complexity index is 963. The maximum Gasteiger partial charge on any atom is 0.272 e. The first-order valence-corrected chi connectivity index (χ1v) is 11.8. The van der Waals surface area contributed by atoms with E-state index in [-0.39, 0.29) is 25.5 Å².